The van der Waals surface area contributed by atoms with E-state index in [2.05, 4.69) is 6.92 Å². The van der Waals surface area contributed by atoms with E-state index in [1.54, 1.807) is 29.2 Å². The number of ether oxygens (including phenoxy) is 1. The van der Waals surface area contributed by atoms with Gasteiger partial charge in [-0.05, 0) is 98.1 Å². The minimum absolute atomic E-state index is 0.00169. The molecule has 0 bridgehead atoms. The summed E-state index contributed by atoms with van der Waals surface area (Å²) in [5.41, 5.74) is 6.64. The van der Waals surface area contributed by atoms with Gasteiger partial charge in [0, 0.05) is 5.56 Å². The Hall–Kier alpha value is -3.51. The maximum absolute atomic E-state index is 13.5. The highest BCUT2D eigenvalue weighted by Crippen LogP contribution is 2.40. The fourth-order valence-corrected chi connectivity index (χ4v) is 4.50. The molecule has 1 fully saturated rings. The van der Waals surface area contributed by atoms with Crippen molar-refractivity contribution in [2.45, 2.75) is 27.7 Å². The fourth-order valence-electron chi connectivity index (χ4n) is 3.51. The lowest BCUT2D eigenvalue weighted by Gasteiger charge is -2.17. The molecule has 0 spiro atoms. The van der Waals surface area contributed by atoms with Gasteiger partial charge in [0.15, 0.2) is 16.7 Å². The minimum atomic E-state index is -0.187. The van der Waals surface area contributed by atoms with Crippen LogP contribution in [0.1, 0.15) is 27.8 Å². The smallest absolute Gasteiger partial charge is 0.271 e. The summed E-state index contributed by atoms with van der Waals surface area (Å²) in [6.45, 7) is 8.17. The van der Waals surface area contributed by atoms with E-state index in [9.17, 15) is 9.90 Å². The van der Waals surface area contributed by atoms with Crippen LogP contribution in [0.4, 0.5) is 11.4 Å². The predicted octanol–water partition coefficient (Wildman–Crippen LogP) is 6.44. The predicted molar refractivity (Wildman–Crippen MR) is 137 cm³/mol. The molecule has 0 radical (unpaired) electrons. The molecule has 1 heterocycles. The van der Waals surface area contributed by atoms with Gasteiger partial charge < -0.3 is 9.84 Å². The standard InChI is InChI=1S/C27H26N2O3S/c1-16-9-11-21(13-18(16)3)28-27-29(22-12-10-17(2)19(4)14-22)26(31)24(33-27)15-20-7-6-8-23(32-5)25(20)30/h6-15,30H,1-5H3. The van der Waals surface area contributed by atoms with E-state index < -0.39 is 0 Å². The first-order valence-electron chi connectivity index (χ1n) is 10.6. The van der Waals surface area contributed by atoms with Gasteiger partial charge >= 0.3 is 0 Å². The molecular formula is C27H26N2O3S. The molecule has 0 aromatic heterocycles. The van der Waals surface area contributed by atoms with Crippen LogP contribution in [-0.2, 0) is 4.79 Å². The summed E-state index contributed by atoms with van der Waals surface area (Å²) in [4.78, 5) is 20.5. The van der Waals surface area contributed by atoms with Gasteiger partial charge in [-0.3, -0.25) is 9.69 Å². The highest BCUT2D eigenvalue weighted by Gasteiger charge is 2.35. The maximum atomic E-state index is 13.5. The molecule has 33 heavy (non-hydrogen) atoms. The highest BCUT2D eigenvalue weighted by molar-refractivity contribution is 8.19. The van der Waals surface area contributed by atoms with Gasteiger partial charge in [-0.1, -0.05) is 24.3 Å². The average Bonchev–Trinajstić information content (AvgIpc) is 3.09. The summed E-state index contributed by atoms with van der Waals surface area (Å²) in [5.74, 6) is 0.168. The van der Waals surface area contributed by atoms with Crippen molar-refractivity contribution in [3.8, 4) is 11.5 Å². The van der Waals surface area contributed by atoms with Crippen molar-refractivity contribution in [2.75, 3.05) is 12.0 Å². The van der Waals surface area contributed by atoms with Gasteiger partial charge in [0.05, 0.1) is 23.4 Å². The Bertz CT molecular complexity index is 1310. The number of anilines is 1. The Morgan fingerprint density at radius 3 is 2.30 bits per heavy atom. The van der Waals surface area contributed by atoms with E-state index >= 15 is 0 Å². The van der Waals surface area contributed by atoms with E-state index in [0.717, 1.165) is 28.1 Å². The SMILES string of the molecule is COc1cccc(C=C2SC(=Nc3ccc(C)c(C)c3)N(c3ccc(C)c(C)c3)C2=O)c1O. The number of benzene rings is 3. The van der Waals surface area contributed by atoms with Gasteiger partial charge in [-0.25, -0.2) is 4.99 Å². The van der Waals surface area contributed by atoms with E-state index in [4.69, 9.17) is 9.73 Å². The van der Waals surface area contributed by atoms with Crippen LogP contribution in [0, 0.1) is 27.7 Å². The van der Waals surface area contributed by atoms with Crippen molar-refractivity contribution in [3.05, 3.63) is 87.3 Å². The third kappa shape index (κ3) is 4.52. The molecule has 0 unspecified atom stereocenters. The first-order valence-corrected chi connectivity index (χ1v) is 11.4. The molecule has 3 aromatic carbocycles. The van der Waals surface area contributed by atoms with Crippen molar-refractivity contribution in [3.63, 3.8) is 0 Å². The molecule has 4 rings (SSSR count). The molecule has 1 N–H and O–H groups in total. The normalized spacial score (nSPS) is 16.2. The number of phenolic OH excluding ortho intramolecular Hbond substituents is 1. The molecule has 168 valence electrons. The first kappa shape index (κ1) is 22.7. The van der Waals surface area contributed by atoms with Crippen molar-refractivity contribution in [1.82, 2.24) is 0 Å². The molecule has 3 aromatic rings. The van der Waals surface area contributed by atoms with Crippen LogP contribution in [0.15, 0.2) is 64.5 Å². The number of methoxy groups -OCH3 is 1. The molecule has 1 aliphatic heterocycles. The number of para-hydroxylation sites is 1. The number of amides is 1. The molecule has 1 saturated heterocycles. The van der Waals surface area contributed by atoms with Gasteiger partial charge in [0.2, 0.25) is 0 Å². The zero-order chi connectivity index (χ0) is 23.7. The molecule has 5 nitrogen and oxygen atoms in total. The van der Waals surface area contributed by atoms with Gasteiger partial charge in [-0.2, -0.15) is 0 Å². The topological polar surface area (TPSA) is 62.1 Å². The summed E-state index contributed by atoms with van der Waals surface area (Å²) >= 11 is 1.29. The zero-order valence-corrected chi connectivity index (χ0v) is 20.2. The summed E-state index contributed by atoms with van der Waals surface area (Å²) < 4.78 is 5.21. The van der Waals surface area contributed by atoms with Crippen LogP contribution < -0.4 is 9.64 Å². The zero-order valence-electron chi connectivity index (χ0n) is 19.3. The number of phenols is 1. The molecule has 1 amide bonds. The fraction of sp³-hybridized carbons (Fsp3) is 0.185. The number of thioether (sulfide) groups is 1. The van der Waals surface area contributed by atoms with E-state index in [1.165, 1.54) is 24.4 Å². The van der Waals surface area contributed by atoms with Crippen molar-refractivity contribution in [2.24, 2.45) is 4.99 Å². The minimum Gasteiger partial charge on any atom is -0.504 e. The molecule has 0 saturated carbocycles. The number of aryl methyl sites for hydroxylation is 4. The quantitative estimate of drug-likeness (QED) is 0.457. The second-order valence-electron chi connectivity index (χ2n) is 8.08. The number of amidine groups is 1. The number of rotatable bonds is 4. The first-order chi connectivity index (χ1) is 15.8. The lowest BCUT2D eigenvalue weighted by Crippen LogP contribution is -2.28. The Labute approximate surface area is 198 Å². The van der Waals surface area contributed by atoms with Crippen LogP contribution in [0.3, 0.4) is 0 Å². The van der Waals surface area contributed by atoms with Crippen LogP contribution in [0.5, 0.6) is 11.5 Å². The second kappa shape index (κ2) is 9.16. The molecule has 0 aliphatic carbocycles. The van der Waals surface area contributed by atoms with Crippen LogP contribution in [0.25, 0.3) is 6.08 Å². The summed E-state index contributed by atoms with van der Waals surface area (Å²) in [6, 6.07) is 17.1. The number of aliphatic imine (C=N–C) groups is 1. The monoisotopic (exact) mass is 458 g/mol. The number of aromatic hydroxyl groups is 1. The highest BCUT2D eigenvalue weighted by atomic mass is 32.2. The number of nitrogens with zero attached hydrogens (tertiary/aromatic N) is 2. The van der Waals surface area contributed by atoms with Gasteiger partial charge in [-0.15, -0.1) is 0 Å². The van der Waals surface area contributed by atoms with E-state index in [0.29, 0.717) is 21.4 Å². The average molecular weight is 459 g/mol. The van der Waals surface area contributed by atoms with Crippen LogP contribution in [0.2, 0.25) is 0 Å². The number of hydrogen-bond acceptors (Lipinski definition) is 5. The number of carbonyl (C=O) groups is 1. The van der Waals surface area contributed by atoms with Crippen molar-refractivity contribution >= 4 is 40.3 Å². The lowest BCUT2D eigenvalue weighted by atomic mass is 10.1. The Morgan fingerprint density at radius 1 is 0.939 bits per heavy atom. The molecule has 1 aliphatic rings. The van der Waals surface area contributed by atoms with Crippen molar-refractivity contribution < 1.29 is 14.6 Å². The molecule has 0 atom stereocenters. The molecular weight excluding hydrogens is 432 g/mol. The van der Waals surface area contributed by atoms with Gasteiger partial charge in [0.1, 0.15) is 0 Å². The number of carbonyl (C=O) groups excluding carboxylic acids is 1. The Balaban J connectivity index is 1.82. The number of hydrogen-bond donors (Lipinski definition) is 1. The lowest BCUT2D eigenvalue weighted by molar-refractivity contribution is -0.113. The van der Waals surface area contributed by atoms with Gasteiger partial charge in [0.25, 0.3) is 5.91 Å². The summed E-state index contributed by atoms with van der Waals surface area (Å²) in [5, 5.41) is 11.1. The molecule has 6 heteroatoms. The largest absolute Gasteiger partial charge is 0.504 e. The third-order valence-electron chi connectivity index (χ3n) is 5.81. The maximum Gasteiger partial charge on any atom is 0.271 e. The summed E-state index contributed by atoms with van der Waals surface area (Å²) in [7, 11) is 1.50. The Morgan fingerprint density at radius 2 is 1.64 bits per heavy atom. The van der Waals surface area contributed by atoms with E-state index in [-0.39, 0.29) is 11.7 Å². The summed E-state index contributed by atoms with van der Waals surface area (Å²) in [6.07, 6.45) is 1.68. The Kier molecular flexibility index (Phi) is 6.29. The van der Waals surface area contributed by atoms with E-state index in [1.807, 2.05) is 57.2 Å². The van der Waals surface area contributed by atoms with Crippen LogP contribution in [-0.4, -0.2) is 23.3 Å². The third-order valence-corrected chi connectivity index (χ3v) is 6.78. The second-order valence-corrected chi connectivity index (χ2v) is 9.09. The van der Waals surface area contributed by atoms with Crippen LogP contribution >= 0.6 is 11.8 Å². The van der Waals surface area contributed by atoms with Crippen molar-refractivity contribution in [1.29, 1.82) is 0 Å².